The van der Waals surface area contributed by atoms with Crippen molar-refractivity contribution in [1.82, 2.24) is 29.5 Å². The molecule has 2 aromatic carbocycles. The van der Waals surface area contributed by atoms with Crippen LogP contribution in [0.15, 0.2) is 97.5 Å². The average molecular weight is 545 g/mol. The lowest BCUT2D eigenvalue weighted by Gasteiger charge is -2.34. The summed E-state index contributed by atoms with van der Waals surface area (Å²) >= 11 is 0. The monoisotopic (exact) mass is 544 g/mol. The lowest BCUT2D eigenvalue weighted by atomic mass is 10.0. The van der Waals surface area contributed by atoms with Crippen LogP contribution in [0.25, 0.3) is 22.2 Å². The van der Waals surface area contributed by atoms with E-state index in [1.807, 2.05) is 79.0 Å². The Morgan fingerprint density at radius 2 is 1.54 bits per heavy atom. The number of aromatic nitrogens is 4. The van der Waals surface area contributed by atoms with Gasteiger partial charge in [-0.3, -0.25) is 24.0 Å². The minimum atomic E-state index is -0.0762. The molecule has 0 unspecified atom stereocenters. The van der Waals surface area contributed by atoms with Crippen LogP contribution in [-0.2, 0) is 17.8 Å². The molecule has 0 N–H and O–H groups in total. The van der Waals surface area contributed by atoms with Gasteiger partial charge in [0.25, 0.3) is 5.91 Å². The molecule has 1 aliphatic heterocycles. The highest BCUT2D eigenvalue weighted by molar-refractivity contribution is 5.97. The Hall–Kier alpha value is -5.18. The quantitative estimate of drug-likeness (QED) is 0.288. The maximum absolute atomic E-state index is 13.0. The van der Waals surface area contributed by atoms with E-state index in [0.717, 1.165) is 27.7 Å². The van der Waals surface area contributed by atoms with Gasteiger partial charge in [-0.25, -0.2) is 4.98 Å². The number of amides is 2. The number of rotatable bonds is 7. The molecule has 1 aliphatic rings. The van der Waals surface area contributed by atoms with Gasteiger partial charge in [-0.1, -0.05) is 30.3 Å². The first-order chi connectivity index (χ1) is 20.0. The third-order valence-corrected chi connectivity index (χ3v) is 7.23. The van der Waals surface area contributed by atoms with Crippen LogP contribution in [0, 0.1) is 0 Å². The van der Waals surface area contributed by atoms with Crippen molar-refractivity contribution in [2.45, 2.75) is 13.0 Å². The molecule has 0 radical (unpaired) electrons. The predicted molar refractivity (Wildman–Crippen MR) is 154 cm³/mol. The summed E-state index contributed by atoms with van der Waals surface area (Å²) in [5.74, 6) is -0.129. The summed E-state index contributed by atoms with van der Waals surface area (Å²) in [7, 11) is 0. The number of hydrogen-bond acceptors (Lipinski definition) is 6. The normalized spacial score (nSPS) is 13.4. The molecule has 204 valence electrons. The van der Waals surface area contributed by atoms with Gasteiger partial charge < -0.3 is 9.80 Å². The largest absolute Gasteiger partial charge is 0.338 e. The molecule has 2 amide bonds. The summed E-state index contributed by atoms with van der Waals surface area (Å²) in [5.41, 5.74) is 4.30. The third-order valence-electron chi connectivity index (χ3n) is 7.23. The zero-order chi connectivity index (χ0) is 28.2. The van der Waals surface area contributed by atoms with Crippen LogP contribution in [0.4, 0.5) is 0 Å². The number of Topliss-reactive ketones (excluding diaryl/α,β-unsaturated/α-hetero) is 1. The topological polar surface area (TPSA) is 101 Å². The molecule has 0 spiro atoms. The number of pyridine rings is 2. The first-order valence-corrected chi connectivity index (χ1v) is 13.5. The van der Waals surface area contributed by atoms with Crippen molar-refractivity contribution in [2.75, 3.05) is 26.2 Å². The number of carbonyl (C=O) groups excluding carboxylic acids is 3. The number of fused-ring (bicyclic) bond motifs is 1. The summed E-state index contributed by atoms with van der Waals surface area (Å²) in [6, 6.07) is 24.0. The summed E-state index contributed by atoms with van der Waals surface area (Å²) in [6.07, 6.45) is 5.44. The number of hydrogen-bond donors (Lipinski definition) is 0. The minimum Gasteiger partial charge on any atom is -0.338 e. The molecular formula is C32H28N6O3. The summed E-state index contributed by atoms with van der Waals surface area (Å²) in [5, 5.41) is 5.42. The first-order valence-electron chi connectivity index (χ1n) is 13.5. The van der Waals surface area contributed by atoms with Crippen molar-refractivity contribution < 1.29 is 14.4 Å². The van der Waals surface area contributed by atoms with Gasteiger partial charge in [0.1, 0.15) is 12.2 Å². The van der Waals surface area contributed by atoms with E-state index in [4.69, 9.17) is 0 Å². The van der Waals surface area contributed by atoms with Crippen LogP contribution < -0.4 is 0 Å². The first kappa shape index (κ1) is 26.1. The van der Waals surface area contributed by atoms with Crippen molar-refractivity contribution >= 4 is 28.5 Å². The fourth-order valence-electron chi connectivity index (χ4n) is 5.03. The Bertz CT molecular complexity index is 1710. The van der Waals surface area contributed by atoms with Crippen molar-refractivity contribution in [3.05, 3.63) is 114 Å². The van der Waals surface area contributed by atoms with E-state index in [2.05, 4.69) is 15.1 Å². The van der Waals surface area contributed by atoms with Crippen molar-refractivity contribution in [3.8, 4) is 11.3 Å². The maximum Gasteiger partial charge on any atom is 0.253 e. The molecule has 9 heteroatoms. The number of carbonyl (C=O) groups is 3. The van der Waals surface area contributed by atoms with Crippen LogP contribution in [0.2, 0.25) is 0 Å². The Morgan fingerprint density at radius 1 is 0.780 bits per heavy atom. The second-order valence-electron chi connectivity index (χ2n) is 10.0. The highest BCUT2D eigenvalue weighted by Crippen LogP contribution is 2.19. The number of ketones is 1. The molecular weight excluding hydrogens is 516 g/mol. The average Bonchev–Trinajstić information content (AvgIpc) is 3.43. The van der Waals surface area contributed by atoms with E-state index in [-0.39, 0.29) is 30.6 Å². The van der Waals surface area contributed by atoms with Crippen LogP contribution in [0.5, 0.6) is 0 Å². The van der Waals surface area contributed by atoms with Gasteiger partial charge in [0, 0.05) is 67.7 Å². The Labute approximate surface area is 237 Å². The van der Waals surface area contributed by atoms with Crippen LogP contribution in [0.3, 0.4) is 0 Å². The van der Waals surface area contributed by atoms with Gasteiger partial charge in [0.15, 0.2) is 5.78 Å². The van der Waals surface area contributed by atoms with E-state index in [0.29, 0.717) is 37.4 Å². The Kier molecular flexibility index (Phi) is 7.32. The lowest BCUT2D eigenvalue weighted by Crippen LogP contribution is -2.51. The predicted octanol–water partition coefficient (Wildman–Crippen LogP) is 3.90. The molecule has 1 fully saturated rings. The van der Waals surface area contributed by atoms with Gasteiger partial charge in [0.05, 0.1) is 11.2 Å². The maximum atomic E-state index is 13.0. The molecule has 5 aromatic rings. The van der Waals surface area contributed by atoms with Crippen molar-refractivity contribution in [2.24, 2.45) is 0 Å². The summed E-state index contributed by atoms with van der Waals surface area (Å²) in [6.45, 7) is 2.08. The SMILES string of the molecule is O=C(Cc1ccc2nn(CC(=O)N3CCN(C(=O)c4ccccc4)CC3)cc2c1)c1cccc(-c2ccncc2)n1. The number of piperazine rings is 1. The third kappa shape index (κ3) is 5.89. The van der Waals surface area contributed by atoms with E-state index in [1.165, 1.54) is 0 Å². The molecule has 3 aromatic heterocycles. The zero-order valence-corrected chi connectivity index (χ0v) is 22.4. The molecule has 41 heavy (non-hydrogen) atoms. The Balaban J connectivity index is 1.07. The summed E-state index contributed by atoms with van der Waals surface area (Å²) < 4.78 is 1.64. The molecule has 9 nitrogen and oxygen atoms in total. The minimum absolute atomic E-state index is 0.0115. The molecule has 0 atom stereocenters. The van der Waals surface area contributed by atoms with Crippen LogP contribution in [0.1, 0.15) is 26.4 Å². The second kappa shape index (κ2) is 11.5. The molecule has 6 rings (SSSR count). The van der Waals surface area contributed by atoms with Gasteiger partial charge in [0.2, 0.25) is 5.91 Å². The van der Waals surface area contributed by atoms with Gasteiger partial charge in [-0.2, -0.15) is 5.10 Å². The van der Waals surface area contributed by atoms with Gasteiger partial charge in [-0.05, 0) is 54.1 Å². The van der Waals surface area contributed by atoms with Crippen LogP contribution >= 0.6 is 0 Å². The smallest absolute Gasteiger partial charge is 0.253 e. The summed E-state index contributed by atoms with van der Waals surface area (Å²) in [4.78, 5) is 50.9. The number of nitrogens with zero attached hydrogens (tertiary/aromatic N) is 6. The molecule has 0 aliphatic carbocycles. The molecule has 0 bridgehead atoms. The molecule has 0 saturated carbocycles. The van der Waals surface area contributed by atoms with Crippen molar-refractivity contribution in [1.29, 1.82) is 0 Å². The zero-order valence-electron chi connectivity index (χ0n) is 22.4. The van der Waals surface area contributed by atoms with Gasteiger partial charge in [-0.15, -0.1) is 0 Å². The van der Waals surface area contributed by atoms with Crippen molar-refractivity contribution in [3.63, 3.8) is 0 Å². The Morgan fingerprint density at radius 3 is 2.32 bits per heavy atom. The highest BCUT2D eigenvalue weighted by Gasteiger charge is 2.25. The van der Waals surface area contributed by atoms with E-state index in [1.54, 1.807) is 32.9 Å². The fraction of sp³-hybridized carbons (Fsp3) is 0.188. The van der Waals surface area contributed by atoms with Crippen LogP contribution in [-0.4, -0.2) is 73.3 Å². The lowest BCUT2D eigenvalue weighted by molar-refractivity contribution is -0.133. The number of benzene rings is 2. The van der Waals surface area contributed by atoms with E-state index in [9.17, 15) is 14.4 Å². The van der Waals surface area contributed by atoms with E-state index >= 15 is 0 Å². The molecule has 4 heterocycles. The van der Waals surface area contributed by atoms with Gasteiger partial charge >= 0.3 is 0 Å². The van der Waals surface area contributed by atoms with E-state index < -0.39 is 0 Å². The second-order valence-corrected chi connectivity index (χ2v) is 10.0. The standard InChI is InChI=1S/C32H28N6O3/c39-30(29-8-4-7-27(34-29)24-11-13-33-14-12-24)20-23-9-10-28-26(19-23)21-38(35-28)22-31(40)36-15-17-37(18-16-36)32(41)25-5-2-1-3-6-25/h1-14,19,21H,15-18,20,22H2. The fourth-order valence-corrected chi connectivity index (χ4v) is 5.03. The molecule has 1 saturated heterocycles. The highest BCUT2D eigenvalue weighted by atomic mass is 16.2.